The predicted molar refractivity (Wildman–Crippen MR) is 68.7 cm³/mol. The molecule has 0 aromatic carbocycles. The molecular weight excluding hydrogens is 212 g/mol. The molecule has 2 heteroatoms. The van der Waals surface area contributed by atoms with E-state index in [0.29, 0.717) is 17.4 Å². The molecule has 0 amide bonds. The van der Waals surface area contributed by atoms with Gasteiger partial charge in [-0.05, 0) is 57.3 Å². The monoisotopic (exact) mass is 234 g/mol. The maximum Gasteiger partial charge on any atom is 0.330 e. The summed E-state index contributed by atoms with van der Waals surface area (Å²) in [4.78, 5) is 10.9. The van der Waals surface area contributed by atoms with Crippen LogP contribution in [-0.2, 0) is 4.79 Å². The van der Waals surface area contributed by atoms with Crippen LogP contribution in [0.3, 0.4) is 0 Å². The standard InChI is InChI=1S/C15H22O2/c1-9-4-6-12(8-11(3)15(16)17)14-10(2)5-7-13(9)14/h8-9,12-13H,4-7H2,1-3H3,(H,16,17)/t9-,12+,13-/m0/s1. The first-order valence-corrected chi connectivity index (χ1v) is 6.62. The van der Waals surface area contributed by atoms with Crippen molar-refractivity contribution < 1.29 is 9.90 Å². The van der Waals surface area contributed by atoms with Crippen molar-refractivity contribution in [2.75, 3.05) is 0 Å². The zero-order chi connectivity index (χ0) is 12.6. The van der Waals surface area contributed by atoms with Crippen molar-refractivity contribution in [1.29, 1.82) is 0 Å². The maximum absolute atomic E-state index is 10.9. The van der Waals surface area contributed by atoms with E-state index < -0.39 is 5.97 Å². The molecule has 2 rings (SSSR count). The van der Waals surface area contributed by atoms with Crippen molar-refractivity contribution >= 4 is 5.97 Å². The van der Waals surface area contributed by atoms with Gasteiger partial charge < -0.3 is 5.11 Å². The van der Waals surface area contributed by atoms with E-state index in [9.17, 15) is 4.79 Å². The molecule has 2 aliphatic rings. The Morgan fingerprint density at radius 2 is 2.06 bits per heavy atom. The van der Waals surface area contributed by atoms with Crippen molar-refractivity contribution in [2.45, 2.75) is 46.5 Å². The minimum atomic E-state index is -0.781. The highest BCUT2D eigenvalue weighted by Crippen LogP contribution is 2.48. The highest BCUT2D eigenvalue weighted by Gasteiger charge is 2.35. The highest BCUT2D eigenvalue weighted by atomic mass is 16.4. The van der Waals surface area contributed by atoms with E-state index in [-0.39, 0.29) is 0 Å². The SMILES string of the molecule is CC(=C[C@H]1CC[C@H](C)[C@@H]2CCC(C)=C21)C(=O)O. The van der Waals surface area contributed by atoms with E-state index >= 15 is 0 Å². The molecule has 17 heavy (non-hydrogen) atoms. The van der Waals surface area contributed by atoms with Crippen molar-refractivity contribution in [2.24, 2.45) is 17.8 Å². The first-order valence-electron chi connectivity index (χ1n) is 6.62. The van der Waals surface area contributed by atoms with E-state index in [4.69, 9.17) is 5.11 Å². The molecule has 94 valence electrons. The summed E-state index contributed by atoms with van der Waals surface area (Å²) in [5.41, 5.74) is 3.57. The molecule has 1 saturated carbocycles. The largest absolute Gasteiger partial charge is 0.478 e. The summed E-state index contributed by atoms with van der Waals surface area (Å²) >= 11 is 0. The molecule has 0 aliphatic heterocycles. The van der Waals surface area contributed by atoms with Crippen LogP contribution in [0, 0.1) is 17.8 Å². The van der Waals surface area contributed by atoms with Crippen LogP contribution in [0.5, 0.6) is 0 Å². The fourth-order valence-corrected chi connectivity index (χ4v) is 3.52. The number of allylic oxidation sites excluding steroid dienone is 3. The Balaban J connectivity index is 2.27. The lowest BCUT2D eigenvalue weighted by molar-refractivity contribution is -0.132. The first kappa shape index (κ1) is 12.4. The minimum absolute atomic E-state index is 0.384. The predicted octanol–water partition coefficient (Wildman–Crippen LogP) is 3.79. The molecule has 0 bridgehead atoms. The van der Waals surface area contributed by atoms with Crippen LogP contribution in [0.4, 0.5) is 0 Å². The zero-order valence-electron chi connectivity index (χ0n) is 11.0. The summed E-state index contributed by atoms with van der Waals surface area (Å²) in [5, 5.41) is 8.99. The molecule has 0 aromatic rings. The van der Waals surface area contributed by atoms with Gasteiger partial charge in [-0.25, -0.2) is 4.79 Å². The van der Waals surface area contributed by atoms with Gasteiger partial charge in [0.25, 0.3) is 0 Å². The van der Waals surface area contributed by atoms with Crippen LogP contribution in [0.25, 0.3) is 0 Å². The van der Waals surface area contributed by atoms with Gasteiger partial charge in [-0.1, -0.05) is 24.1 Å². The summed E-state index contributed by atoms with van der Waals surface area (Å²) in [5.74, 6) is 1.09. The average molecular weight is 234 g/mol. The average Bonchev–Trinajstić information content (AvgIpc) is 2.66. The van der Waals surface area contributed by atoms with E-state index in [2.05, 4.69) is 13.8 Å². The second kappa shape index (κ2) is 4.67. The Morgan fingerprint density at radius 1 is 1.35 bits per heavy atom. The molecule has 0 heterocycles. The van der Waals surface area contributed by atoms with E-state index in [0.717, 1.165) is 12.3 Å². The second-order valence-corrected chi connectivity index (χ2v) is 5.70. The summed E-state index contributed by atoms with van der Waals surface area (Å²) in [6, 6.07) is 0. The van der Waals surface area contributed by atoms with Gasteiger partial charge in [0.1, 0.15) is 0 Å². The van der Waals surface area contributed by atoms with Crippen molar-refractivity contribution in [1.82, 2.24) is 0 Å². The lowest BCUT2D eigenvalue weighted by Gasteiger charge is -2.34. The van der Waals surface area contributed by atoms with E-state index in [1.807, 2.05) is 6.08 Å². The molecular formula is C15H22O2. The number of hydrogen-bond acceptors (Lipinski definition) is 1. The smallest absolute Gasteiger partial charge is 0.330 e. The Morgan fingerprint density at radius 3 is 2.71 bits per heavy atom. The van der Waals surface area contributed by atoms with Crippen LogP contribution in [0.1, 0.15) is 46.5 Å². The van der Waals surface area contributed by atoms with Crippen molar-refractivity contribution in [3.05, 3.63) is 22.8 Å². The van der Waals surface area contributed by atoms with Gasteiger partial charge in [0.05, 0.1) is 0 Å². The third kappa shape index (κ3) is 2.31. The van der Waals surface area contributed by atoms with Crippen molar-refractivity contribution in [3.63, 3.8) is 0 Å². The third-order valence-corrected chi connectivity index (χ3v) is 4.53. The van der Waals surface area contributed by atoms with Gasteiger partial charge in [0, 0.05) is 5.57 Å². The molecule has 3 atom stereocenters. The summed E-state index contributed by atoms with van der Waals surface area (Å²) in [6.45, 7) is 6.28. The minimum Gasteiger partial charge on any atom is -0.478 e. The topological polar surface area (TPSA) is 37.3 Å². The number of hydrogen-bond donors (Lipinski definition) is 1. The van der Waals surface area contributed by atoms with Crippen LogP contribution < -0.4 is 0 Å². The molecule has 2 nitrogen and oxygen atoms in total. The van der Waals surface area contributed by atoms with Gasteiger partial charge in [-0.15, -0.1) is 0 Å². The molecule has 0 spiro atoms. The van der Waals surface area contributed by atoms with Gasteiger partial charge in [-0.3, -0.25) is 0 Å². The van der Waals surface area contributed by atoms with Gasteiger partial charge in [0.15, 0.2) is 0 Å². The van der Waals surface area contributed by atoms with Crippen LogP contribution in [0.2, 0.25) is 0 Å². The number of aliphatic carboxylic acids is 1. The number of rotatable bonds is 2. The molecule has 2 aliphatic carbocycles. The Bertz CT molecular complexity index is 390. The van der Waals surface area contributed by atoms with Crippen molar-refractivity contribution in [3.8, 4) is 0 Å². The molecule has 0 saturated heterocycles. The normalized spacial score (nSPS) is 33.8. The van der Waals surface area contributed by atoms with Gasteiger partial charge in [-0.2, -0.15) is 0 Å². The third-order valence-electron chi connectivity index (χ3n) is 4.53. The molecule has 1 fully saturated rings. The molecule has 0 aromatic heterocycles. The second-order valence-electron chi connectivity index (χ2n) is 5.70. The fourth-order valence-electron chi connectivity index (χ4n) is 3.52. The number of carboxylic acid groups (broad SMARTS) is 1. The lowest BCUT2D eigenvalue weighted by atomic mass is 9.71. The zero-order valence-corrected chi connectivity index (χ0v) is 11.0. The Kier molecular flexibility index (Phi) is 3.41. The Hall–Kier alpha value is -1.05. The number of fused-ring (bicyclic) bond motifs is 1. The summed E-state index contributed by atoms with van der Waals surface area (Å²) < 4.78 is 0. The number of carboxylic acids is 1. The molecule has 1 N–H and O–H groups in total. The van der Waals surface area contributed by atoms with E-state index in [1.165, 1.54) is 24.8 Å². The Labute approximate surface area is 103 Å². The quantitative estimate of drug-likeness (QED) is 0.583. The fraction of sp³-hybridized carbons (Fsp3) is 0.667. The number of carbonyl (C=O) groups is 1. The van der Waals surface area contributed by atoms with Gasteiger partial charge >= 0.3 is 5.97 Å². The van der Waals surface area contributed by atoms with E-state index in [1.54, 1.807) is 12.5 Å². The first-order chi connectivity index (χ1) is 8.00. The highest BCUT2D eigenvalue weighted by molar-refractivity contribution is 5.85. The van der Waals surface area contributed by atoms with Crippen LogP contribution in [-0.4, -0.2) is 11.1 Å². The maximum atomic E-state index is 10.9. The summed E-state index contributed by atoms with van der Waals surface area (Å²) in [7, 11) is 0. The molecule has 0 unspecified atom stereocenters. The van der Waals surface area contributed by atoms with Crippen LogP contribution in [0.15, 0.2) is 22.8 Å². The summed E-state index contributed by atoms with van der Waals surface area (Å²) in [6.07, 6.45) is 6.81. The molecule has 0 radical (unpaired) electrons. The lowest BCUT2D eigenvalue weighted by Crippen LogP contribution is -2.23. The van der Waals surface area contributed by atoms with Crippen LogP contribution >= 0.6 is 0 Å². The van der Waals surface area contributed by atoms with Gasteiger partial charge in [0.2, 0.25) is 0 Å².